The second kappa shape index (κ2) is 10.1. The topological polar surface area (TPSA) is 66.9 Å². The Bertz CT molecular complexity index is 497. The van der Waals surface area contributed by atoms with Gasteiger partial charge in [-0.3, -0.25) is 10.1 Å². The first-order valence-corrected chi connectivity index (χ1v) is 10.1. The van der Waals surface area contributed by atoms with Crippen LogP contribution in [0.4, 0.5) is 5.13 Å². The second-order valence-corrected chi connectivity index (χ2v) is 8.03. The quantitative estimate of drug-likeness (QED) is 0.614. The summed E-state index contributed by atoms with van der Waals surface area (Å²) in [6.45, 7) is 12.9. The summed E-state index contributed by atoms with van der Waals surface area (Å²) in [5, 5.41) is 16.5. The van der Waals surface area contributed by atoms with Crippen LogP contribution in [-0.4, -0.2) is 28.2 Å². The Kier molecular flexibility index (Phi) is 8.84. The van der Waals surface area contributed by atoms with Gasteiger partial charge in [-0.1, -0.05) is 65.7 Å². The highest BCUT2D eigenvalue weighted by atomic mass is 32.1. The van der Waals surface area contributed by atoms with Gasteiger partial charge in [-0.05, 0) is 25.7 Å². The van der Waals surface area contributed by atoms with E-state index in [9.17, 15) is 4.79 Å². The molecule has 1 rings (SSSR count). The van der Waals surface area contributed by atoms with E-state index in [0.29, 0.717) is 11.2 Å². The lowest BCUT2D eigenvalue weighted by atomic mass is 9.89. The first kappa shape index (κ1) is 21.0. The third-order valence-electron chi connectivity index (χ3n) is 4.43. The van der Waals surface area contributed by atoms with Crippen molar-refractivity contribution in [2.24, 2.45) is 0 Å². The molecule has 1 aromatic heterocycles. The number of rotatable bonds is 11. The minimum Gasteiger partial charge on any atom is -0.303 e. The molecule has 0 radical (unpaired) electrons. The molecule has 5 nitrogen and oxygen atoms in total. The smallest absolute Gasteiger partial charge is 0.243 e. The van der Waals surface area contributed by atoms with Crippen LogP contribution in [0.3, 0.4) is 0 Å². The molecular formula is C18H34N4OS. The monoisotopic (exact) mass is 354 g/mol. The van der Waals surface area contributed by atoms with Crippen LogP contribution >= 0.6 is 11.3 Å². The van der Waals surface area contributed by atoms with Crippen LogP contribution in [0.25, 0.3) is 0 Å². The van der Waals surface area contributed by atoms with Crippen LogP contribution in [0.5, 0.6) is 0 Å². The standard InChI is InChI=1S/C18H34N4OS/c1-7-11-14(19-13(9-3)10-4)15(23)20-17-22-21-16(24-17)18(5,6)12-8-2/h13-14,19H,7-12H2,1-6H3,(H,20,22,23)/t14-/m0/s1. The van der Waals surface area contributed by atoms with Crippen LogP contribution in [-0.2, 0) is 10.2 Å². The Morgan fingerprint density at radius 1 is 1.12 bits per heavy atom. The van der Waals surface area contributed by atoms with Crippen molar-refractivity contribution >= 4 is 22.4 Å². The van der Waals surface area contributed by atoms with E-state index in [1.54, 1.807) is 0 Å². The molecule has 0 aromatic carbocycles. The lowest BCUT2D eigenvalue weighted by Crippen LogP contribution is -2.45. The number of nitrogens with one attached hydrogen (secondary N) is 2. The number of carbonyl (C=O) groups is 1. The van der Waals surface area contributed by atoms with E-state index in [1.165, 1.54) is 11.3 Å². The van der Waals surface area contributed by atoms with Gasteiger partial charge in [0.2, 0.25) is 11.0 Å². The maximum absolute atomic E-state index is 12.6. The average Bonchev–Trinajstić information content (AvgIpc) is 3.00. The minimum absolute atomic E-state index is 0.000234. The molecule has 0 fully saturated rings. The summed E-state index contributed by atoms with van der Waals surface area (Å²) < 4.78 is 0. The number of anilines is 1. The summed E-state index contributed by atoms with van der Waals surface area (Å²) in [6.07, 6.45) is 6.01. The Balaban J connectivity index is 2.75. The van der Waals surface area contributed by atoms with Crippen molar-refractivity contribution in [2.75, 3.05) is 5.32 Å². The predicted molar refractivity (Wildman–Crippen MR) is 103 cm³/mol. The summed E-state index contributed by atoms with van der Waals surface area (Å²) >= 11 is 1.49. The lowest BCUT2D eigenvalue weighted by Gasteiger charge is -2.23. The number of amides is 1. The van der Waals surface area contributed by atoms with E-state index in [2.05, 4.69) is 62.4 Å². The zero-order valence-corrected chi connectivity index (χ0v) is 16.9. The summed E-state index contributed by atoms with van der Waals surface area (Å²) in [4.78, 5) is 12.6. The molecule has 1 atom stereocenters. The Morgan fingerprint density at radius 2 is 1.79 bits per heavy atom. The largest absolute Gasteiger partial charge is 0.303 e. The predicted octanol–water partition coefficient (Wildman–Crippen LogP) is 4.50. The molecule has 2 N–H and O–H groups in total. The van der Waals surface area contributed by atoms with E-state index in [0.717, 1.165) is 43.5 Å². The molecular weight excluding hydrogens is 320 g/mol. The molecule has 0 aliphatic rings. The first-order chi connectivity index (χ1) is 11.4. The molecule has 1 aromatic rings. The molecule has 0 bridgehead atoms. The molecule has 138 valence electrons. The van der Waals surface area contributed by atoms with Crippen molar-refractivity contribution in [1.82, 2.24) is 15.5 Å². The molecule has 1 heterocycles. The van der Waals surface area contributed by atoms with Crippen LogP contribution in [0.2, 0.25) is 0 Å². The van der Waals surface area contributed by atoms with Gasteiger partial charge in [0.25, 0.3) is 0 Å². The number of carbonyl (C=O) groups excluding carboxylic acids is 1. The highest BCUT2D eigenvalue weighted by molar-refractivity contribution is 7.15. The fraction of sp³-hybridized carbons (Fsp3) is 0.833. The van der Waals surface area contributed by atoms with Crippen LogP contribution in [0.15, 0.2) is 0 Å². The maximum Gasteiger partial charge on any atom is 0.243 e. The normalized spacial score (nSPS) is 13.3. The van der Waals surface area contributed by atoms with Crippen LogP contribution in [0, 0.1) is 0 Å². The molecule has 0 spiro atoms. The van der Waals surface area contributed by atoms with Gasteiger partial charge in [0, 0.05) is 11.5 Å². The Labute approximate surface area is 151 Å². The molecule has 6 heteroatoms. The van der Waals surface area contributed by atoms with Gasteiger partial charge in [-0.2, -0.15) is 0 Å². The highest BCUT2D eigenvalue weighted by Gasteiger charge is 2.26. The number of nitrogens with zero attached hydrogens (tertiary/aromatic N) is 2. The van der Waals surface area contributed by atoms with Crippen molar-refractivity contribution < 1.29 is 4.79 Å². The van der Waals surface area contributed by atoms with Crippen molar-refractivity contribution in [2.45, 2.75) is 97.6 Å². The van der Waals surface area contributed by atoms with Gasteiger partial charge in [0.05, 0.1) is 6.04 Å². The van der Waals surface area contributed by atoms with Gasteiger partial charge in [-0.25, -0.2) is 0 Å². The third kappa shape index (κ3) is 6.13. The average molecular weight is 355 g/mol. The van der Waals surface area contributed by atoms with E-state index < -0.39 is 0 Å². The third-order valence-corrected chi connectivity index (χ3v) is 5.63. The van der Waals surface area contributed by atoms with Crippen molar-refractivity contribution in [3.05, 3.63) is 5.01 Å². The SMILES string of the molecule is CCC[C@H](NC(CC)CC)C(=O)Nc1nnc(C(C)(C)CCC)s1. The van der Waals surface area contributed by atoms with Crippen molar-refractivity contribution in [3.63, 3.8) is 0 Å². The lowest BCUT2D eigenvalue weighted by molar-refractivity contribution is -0.118. The first-order valence-electron chi connectivity index (χ1n) is 9.28. The zero-order valence-electron chi connectivity index (χ0n) is 16.1. The van der Waals surface area contributed by atoms with E-state index in [-0.39, 0.29) is 17.4 Å². The second-order valence-electron chi connectivity index (χ2n) is 7.06. The fourth-order valence-corrected chi connectivity index (χ4v) is 3.74. The fourth-order valence-electron chi connectivity index (χ4n) is 2.86. The van der Waals surface area contributed by atoms with Crippen LogP contribution in [0.1, 0.15) is 85.1 Å². The zero-order chi connectivity index (χ0) is 18.2. The molecule has 1 amide bonds. The number of aromatic nitrogens is 2. The summed E-state index contributed by atoms with van der Waals surface area (Å²) in [5.74, 6) is -0.000234. The molecule has 0 aliphatic heterocycles. The minimum atomic E-state index is -0.170. The number of hydrogen-bond donors (Lipinski definition) is 2. The molecule has 0 aliphatic carbocycles. The van der Waals surface area contributed by atoms with Crippen LogP contribution < -0.4 is 10.6 Å². The van der Waals surface area contributed by atoms with Gasteiger partial charge < -0.3 is 5.32 Å². The van der Waals surface area contributed by atoms with E-state index in [4.69, 9.17) is 0 Å². The van der Waals surface area contributed by atoms with E-state index in [1.807, 2.05) is 0 Å². The van der Waals surface area contributed by atoms with Gasteiger partial charge >= 0.3 is 0 Å². The Hall–Kier alpha value is -1.01. The number of hydrogen-bond acceptors (Lipinski definition) is 5. The maximum atomic E-state index is 12.6. The van der Waals surface area contributed by atoms with Crippen molar-refractivity contribution in [1.29, 1.82) is 0 Å². The summed E-state index contributed by atoms with van der Waals surface area (Å²) in [7, 11) is 0. The van der Waals surface area contributed by atoms with Gasteiger partial charge in [-0.15, -0.1) is 10.2 Å². The Morgan fingerprint density at radius 3 is 2.33 bits per heavy atom. The van der Waals surface area contributed by atoms with Gasteiger partial charge in [0.1, 0.15) is 5.01 Å². The molecule has 0 unspecified atom stereocenters. The van der Waals surface area contributed by atoms with E-state index >= 15 is 0 Å². The molecule has 24 heavy (non-hydrogen) atoms. The molecule has 0 saturated heterocycles. The summed E-state index contributed by atoms with van der Waals surface area (Å²) in [5.41, 5.74) is 0.00593. The van der Waals surface area contributed by atoms with Crippen molar-refractivity contribution in [3.8, 4) is 0 Å². The summed E-state index contributed by atoms with van der Waals surface area (Å²) in [6, 6.07) is 0.205. The molecule has 0 saturated carbocycles. The van der Waals surface area contributed by atoms with Gasteiger partial charge in [0.15, 0.2) is 0 Å². The highest BCUT2D eigenvalue weighted by Crippen LogP contribution is 2.32.